The van der Waals surface area contributed by atoms with Crippen molar-refractivity contribution < 1.29 is 0 Å². The van der Waals surface area contributed by atoms with E-state index >= 15 is 0 Å². The van der Waals surface area contributed by atoms with Gasteiger partial charge in [-0.1, -0.05) is 151 Å². The second-order valence-corrected chi connectivity index (χ2v) is 11.9. The van der Waals surface area contributed by atoms with Crippen molar-refractivity contribution in [2.45, 2.75) is 5.37 Å². The van der Waals surface area contributed by atoms with E-state index < -0.39 is 5.37 Å². The molecule has 1 aromatic heterocycles. The summed E-state index contributed by atoms with van der Waals surface area (Å²) in [4.78, 5) is 9.94. The van der Waals surface area contributed by atoms with E-state index in [1.807, 2.05) is 91.0 Å². The Bertz CT molecular complexity index is 2050. The maximum Gasteiger partial charge on any atom is 0.160 e. The summed E-state index contributed by atoms with van der Waals surface area (Å²) in [6.45, 7) is 0. The maximum absolute atomic E-state index is 8.99. The van der Waals surface area contributed by atoms with Gasteiger partial charge in [-0.05, 0) is 45.7 Å². The molecule has 4 nitrogen and oxygen atoms in total. The van der Waals surface area contributed by atoms with E-state index in [1.54, 1.807) is 0 Å². The van der Waals surface area contributed by atoms with Gasteiger partial charge in [0.05, 0.1) is 21.8 Å². The number of hydrogen-bond acceptors (Lipinski definition) is 5. The first-order valence-electron chi connectivity index (χ1n) is 14.8. The van der Waals surface area contributed by atoms with E-state index in [4.69, 9.17) is 21.1 Å². The molecule has 1 atom stereocenters. The molecular weight excluding hydrogens is 569 g/mol. The predicted molar refractivity (Wildman–Crippen MR) is 189 cm³/mol. The number of rotatable bonds is 7. The van der Waals surface area contributed by atoms with Gasteiger partial charge in [0.1, 0.15) is 0 Å². The average molecular weight is 599 g/mol. The van der Waals surface area contributed by atoms with Gasteiger partial charge in [0.15, 0.2) is 5.82 Å². The summed E-state index contributed by atoms with van der Waals surface area (Å²) in [7, 11) is 0. The highest BCUT2D eigenvalue weighted by atomic mass is 32.2. The fourth-order valence-electron chi connectivity index (χ4n) is 5.49. The van der Waals surface area contributed by atoms with E-state index in [-0.39, 0.29) is 0 Å². The van der Waals surface area contributed by atoms with Gasteiger partial charge in [-0.2, -0.15) is 0 Å². The lowest BCUT2D eigenvalue weighted by Crippen LogP contribution is -2.11. The van der Waals surface area contributed by atoms with E-state index in [1.165, 1.54) is 22.9 Å². The van der Waals surface area contributed by atoms with Crippen LogP contribution in [0.15, 0.2) is 158 Å². The molecule has 5 heteroatoms. The number of nitrogens with two attached hydrogens (primary N) is 1. The molecule has 0 bridgehead atoms. The molecule has 45 heavy (non-hydrogen) atoms. The lowest BCUT2D eigenvalue weighted by molar-refractivity contribution is 1.04. The quantitative estimate of drug-likeness (QED) is 0.109. The summed E-state index contributed by atoms with van der Waals surface area (Å²) in [5.74, 6) is 0.655. The van der Waals surface area contributed by atoms with Gasteiger partial charge in [-0.25, -0.2) is 9.97 Å². The summed E-state index contributed by atoms with van der Waals surface area (Å²) in [5, 5.41) is 11.2. The third kappa shape index (κ3) is 6.18. The molecule has 7 aromatic rings. The first kappa shape index (κ1) is 28.4. The van der Waals surface area contributed by atoms with Gasteiger partial charge in [0, 0.05) is 22.3 Å². The van der Waals surface area contributed by atoms with Crippen LogP contribution in [0, 0.1) is 5.41 Å². The lowest BCUT2D eigenvalue weighted by Gasteiger charge is -2.18. The molecule has 0 aliphatic carbocycles. The van der Waals surface area contributed by atoms with Crippen molar-refractivity contribution in [3.8, 4) is 45.0 Å². The molecule has 0 saturated carbocycles. The molecule has 0 spiro atoms. The van der Waals surface area contributed by atoms with E-state index in [2.05, 4.69) is 66.7 Å². The van der Waals surface area contributed by atoms with E-state index in [0.29, 0.717) is 10.9 Å². The molecule has 1 heterocycles. The van der Waals surface area contributed by atoms with Crippen molar-refractivity contribution in [3.05, 3.63) is 169 Å². The van der Waals surface area contributed by atoms with Crippen LogP contribution in [-0.4, -0.2) is 15.0 Å². The van der Waals surface area contributed by atoms with Crippen LogP contribution in [0.4, 0.5) is 0 Å². The lowest BCUT2D eigenvalue weighted by atomic mass is 10.0. The zero-order chi connectivity index (χ0) is 30.6. The Labute approximate surface area is 267 Å². The number of hydrogen-bond donors (Lipinski definition) is 2. The minimum absolute atomic E-state index is 0.420. The van der Waals surface area contributed by atoms with Crippen LogP contribution >= 0.6 is 11.8 Å². The molecule has 216 valence electrons. The minimum Gasteiger partial charge on any atom is -0.315 e. The van der Waals surface area contributed by atoms with Crippen LogP contribution < -0.4 is 5.73 Å². The first-order chi connectivity index (χ1) is 22.1. The van der Waals surface area contributed by atoms with Crippen molar-refractivity contribution in [2.24, 2.45) is 5.73 Å². The minimum atomic E-state index is -0.472. The molecule has 3 N–H and O–H groups in total. The fourth-order valence-corrected chi connectivity index (χ4v) is 6.34. The highest BCUT2D eigenvalue weighted by Crippen LogP contribution is 2.36. The molecule has 7 rings (SSSR count). The van der Waals surface area contributed by atoms with Crippen LogP contribution in [0.1, 0.15) is 16.5 Å². The fraction of sp³-hybridized carbons (Fsp3) is 0.0250. The number of thioether (sulfide) groups is 1. The van der Waals surface area contributed by atoms with Gasteiger partial charge in [-0.15, -0.1) is 0 Å². The summed E-state index contributed by atoms with van der Waals surface area (Å²) in [6.07, 6.45) is 0. The Hall–Kier alpha value is -5.36. The van der Waals surface area contributed by atoms with Crippen molar-refractivity contribution in [3.63, 3.8) is 0 Å². The third-order valence-corrected chi connectivity index (χ3v) is 8.80. The molecule has 0 aliphatic rings. The smallest absolute Gasteiger partial charge is 0.160 e. The van der Waals surface area contributed by atoms with Gasteiger partial charge < -0.3 is 5.73 Å². The molecule has 1 unspecified atom stereocenters. The van der Waals surface area contributed by atoms with Crippen LogP contribution in [0.5, 0.6) is 0 Å². The monoisotopic (exact) mass is 598 g/mol. The van der Waals surface area contributed by atoms with E-state index in [9.17, 15) is 0 Å². The van der Waals surface area contributed by atoms with Crippen LogP contribution in [0.25, 0.3) is 55.8 Å². The molecule has 6 aromatic carbocycles. The average Bonchev–Trinajstić information content (AvgIpc) is 3.12. The Morgan fingerprint density at radius 3 is 1.84 bits per heavy atom. The summed E-state index contributed by atoms with van der Waals surface area (Å²) in [6, 6.07) is 53.2. The number of nitrogens with zero attached hydrogens (tertiary/aromatic N) is 2. The summed E-state index contributed by atoms with van der Waals surface area (Å²) >= 11 is 1.34. The van der Waals surface area contributed by atoms with Gasteiger partial charge in [-0.3, -0.25) is 5.41 Å². The maximum atomic E-state index is 8.99. The summed E-state index contributed by atoms with van der Waals surface area (Å²) in [5.41, 5.74) is 15.5. The number of fused-ring (bicyclic) bond motifs is 1. The number of nitrogens with one attached hydrogen (secondary N) is 1. The second-order valence-electron chi connectivity index (χ2n) is 10.8. The molecule has 0 radical (unpaired) electrons. The summed E-state index contributed by atoms with van der Waals surface area (Å²) < 4.78 is 0. The molecule has 0 saturated heterocycles. The third-order valence-electron chi connectivity index (χ3n) is 7.83. The Morgan fingerprint density at radius 2 is 1.11 bits per heavy atom. The van der Waals surface area contributed by atoms with Crippen LogP contribution in [0.2, 0.25) is 0 Å². The van der Waals surface area contributed by atoms with E-state index in [0.717, 1.165) is 50.0 Å². The highest BCUT2D eigenvalue weighted by molar-refractivity contribution is 8.14. The topological polar surface area (TPSA) is 75.7 Å². The SMILES string of the molecule is N=C(SC(N)c1ccccc1-c1cc(-c2ccccc2)nc(-c2ccccc2)n1)c1ccc2cc(-c3ccccc3)ccc2c1. The van der Waals surface area contributed by atoms with Crippen molar-refractivity contribution in [2.75, 3.05) is 0 Å². The normalized spacial score (nSPS) is 11.8. The Morgan fingerprint density at radius 1 is 0.533 bits per heavy atom. The molecular formula is C40H30N4S. The second kappa shape index (κ2) is 12.7. The Balaban J connectivity index is 1.19. The van der Waals surface area contributed by atoms with Crippen LogP contribution in [-0.2, 0) is 0 Å². The Kier molecular flexibility index (Phi) is 8.02. The zero-order valence-corrected chi connectivity index (χ0v) is 25.3. The molecule has 0 amide bonds. The zero-order valence-electron chi connectivity index (χ0n) is 24.5. The van der Waals surface area contributed by atoms with Crippen molar-refractivity contribution in [1.29, 1.82) is 5.41 Å². The largest absolute Gasteiger partial charge is 0.315 e. The first-order valence-corrected chi connectivity index (χ1v) is 15.7. The molecule has 0 fully saturated rings. The van der Waals surface area contributed by atoms with Gasteiger partial charge in [0.2, 0.25) is 0 Å². The standard InChI is InChI=1S/C40H30N4S/c41-38(33-23-22-31-24-30(20-21-32(31)25-33)27-12-4-1-5-13-27)45-39(42)35-19-11-10-18-34(35)37-26-36(28-14-6-2-7-15-28)43-40(44-37)29-16-8-3-9-17-29/h1-26,39,41H,42H2. The van der Waals surface area contributed by atoms with Crippen LogP contribution in [0.3, 0.4) is 0 Å². The molecule has 0 aliphatic heterocycles. The van der Waals surface area contributed by atoms with Gasteiger partial charge in [0.25, 0.3) is 0 Å². The van der Waals surface area contributed by atoms with Crippen molar-refractivity contribution in [1.82, 2.24) is 9.97 Å². The highest BCUT2D eigenvalue weighted by Gasteiger charge is 2.19. The number of benzene rings is 6. The predicted octanol–water partition coefficient (Wildman–Crippen LogP) is 10.0. The number of aromatic nitrogens is 2. The van der Waals surface area contributed by atoms with Gasteiger partial charge >= 0.3 is 0 Å². The van der Waals surface area contributed by atoms with Crippen molar-refractivity contribution >= 4 is 27.6 Å².